The standard InChI is InChI=1S/C20H18INO8/c1-5-6-2-3-8(21)15(25)11(6)16(26)13-10(5)14(24)7-4-9(23)12(19(22)29)17(27)20(7,30)18(13)28/h2-3,5,7,10,14,23-25,28,30H,4H2,1H3,(H2,22,29)/t5-,7+,10+,14+,20+/m0/s1. The summed E-state index contributed by atoms with van der Waals surface area (Å²) in [7, 11) is 0. The molecule has 0 saturated heterocycles. The Morgan fingerprint density at radius 1 is 1.23 bits per heavy atom. The Bertz CT molecular complexity index is 1110. The van der Waals surface area contributed by atoms with Gasteiger partial charge in [0, 0.05) is 23.8 Å². The van der Waals surface area contributed by atoms with Crippen molar-refractivity contribution < 1.29 is 39.9 Å². The monoisotopic (exact) mass is 527 g/mol. The van der Waals surface area contributed by atoms with Gasteiger partial charge >= 0.3 is 0 Å². The average molecular weight is 527 g/mol. The summed E-state index contributed by atoms with van der Waals surface area (Å²) in [4.78, 5) is 37.8. The van der Waals surface area contributed by atoms with Gasteiger partial charge in [0.2, 0.25) is 5.78 Å². The first-order valence-electron chi connectivity index (χ1n) is 9.11. The SMILES string of the molecule is C[C@H]1c2ccc(I)c(O)c2C(=O)C2=C(O)[C@]3(O)C(=O)C(C(N)=O)=C(O)C[C@@H]3[C@@H](O)[C@@H]21. The lowest BCUT2D eigenvalue weighted by Crippen LogP contribution is -2.62. The predicted molar refractivity (Wildman–Crippen MR) is 110 cm³/mol. The quantitative estimate of drug-likeness (QED) is 0.229. The number of primary amides is 1. The van der Waals surface area contributed by atoms with E-state index in [1.54, 1.807) is 19.1 Å². The van der Waals surface area contributed by atoms with Crippen molar-refractivity contribution in [1.29, 1.82) is 0 Å². The van der Waals surface area contributed by atoms with Gasteiger partial charge in [0.05, 0.1) is 15.2 Å². The van der Waals surface area contributed by atoms with E-state index in [1.807, 2.05) is 22.6 Å². The summed E-state index contributed by atoms with van der Waals surface area (Å²) < 4.78 is 0.385. The van der Waals surface area contributed by atoms with Gasteiger partial charge in [-0.3, -0.25) is 14.4 Å². The summed E-state index contributed by atoms with van der Waals surface area (Å²) in [5, 5.41) is 53.8. The molecule has 10 heteroatoms. The maximum atomic E-state index is 13.3. The Kier molecular flexibility index (Phi) is 4.53. The largest absolute Gasteiger partial charge is 0.511 e. The van der Waals surface area contributed by atoms with Crippen molar-refractivity contribution in [2.75, 3.05) is 0 Å². The van der Waals surface area contributed by atoms with E-state index in [1.165, 1.54) is 0 Å². The maximum Gasteiger partial charge on any atom is 0.255 e. The molecule has 3 aliphatic carbocycles. The molecule has 4 rings (SSSR count). The Morgan fingerprint density at radius 2 is 1.87 bits per heavy atom. The number of phenols is 1. The number of Topliss-reactive ketones (excluding diaryl/α,β-unsaturated/α-hetero) is 2. The first-order chi connectivity index (χ1) is 13.9. The van der Waals surface area contributed by atoms with Crippen LogP contribution in [0.2, 0.25) is 0 Å². The smallest absolute Gasteiger partial charge is 0.255 e. The van der Waals surface area contributed by atoms with Gasteiger partial charge in [0.25, 0.3) is 5.91 Å². The Labute approximate surface area is 183 Å². The van der Waals surface area contributed by atoms with Gasteiger partial charge in [-0.15, -0.1) is 0 Å². The lowest BCUT2D eigenvalue weighted by Gasteiger charge is -2.50. The number of phenolic OH excluding ortho intramolecular Hbond substituents is 1. The van der Waals surface area contributed by atoms with Crippen LogP contribution in [0.15, 0.2) is 34.8 Å². The number of nitrogens with two attached hydrogens (primary N) is 1. The number of rotatable bonds is 1. The summed E-state index contributed by atoms with van der Waals surface area (Å²) in [6.45, 7) is 1.68. The number of aliphatic hydroxyl groups excluding tert-OH is 3. The van der Waals surface area contributed by atoms with Crippen LogP contribution in [0.3, 0.4) is 0 Å². The molecule has 7 N–H and O–H groups in total. The number of aliphatic hydroxyl groups is 4. The van der Waals surface area contributed by atoms with E-state index in [4.69, 9.17) is 5.73 Å². The lowest BCUT2D eigenvalue weighted by molar-refractivity contribution is -0.154. The predicted octanol–water partition coefficient (Wildman–Crippen LogP) is 0.717. The molecule has 0 spiro atoms. The van der Waals surface area contributed by atoms with Crippen molar-refractivity contribution in [3.63, 3.8) is 0 Å². The minimum atomic E-state index is -2.81. The van der Waals surface area contributed by atoms with Crippen molar-refractivity contribution in [2.24, 2.45) is 17.6 Å². The Balaban J connectivity index is 2.01. The molecule has 1 aromatic rings. The summed E-state index contributed by atoms with van der Waals surface area (Å²) in [6.07, 6.45) is -2.02. The number of allylic oxidation sites excluding steroid dienone is 1. The van der Waals surface area contributed by atoms with E-state index in [0.717, 1.165) is 0 Å². The third-order valence-corrected chi connectivity index (χ3v) is 7.32. The van der Waals surface area contributed by atoms with E-state index in [-0.39, 0.29) is 11.3 Å². The molecule has 0 unspecified atom stereocenters. The van der Waals surface area contributed by atoms with Crippen LogP contribution in [-0.2, 0) is 9.59 Å². The fraction of sp³-hybridized carbons (Fsp3) is 0.350. The highest BCUT2D eigenvalue weighted by Gasteiger charge is 2.64. The number of benzene rings is 1. The maximum absolute atomic E-state index is 13.3. The zero-order chi connectivity index (χ0) is 22.3. The van der Waals surface area contributed by atoms with Gasteiger partial charge in [0.1, 0.15) is 22.8 Å². The Morgan fingerprint density at radius 3 is 2.47 bits per heavy atom. The number of amides is 1. The molecule has 0 aliphatic heterocycles. The van der Waals surface area contributed by atoms with Crippen LogP contribution in [0.4, 0.5) is 0 Å². The number of carbonyl (C=O) groups is 3. The van der Waals surface area contributed by atoms with Crippen LogP contribution >= 0.6 is 22.6 Å². The summed E-state index contributed by atoms with van der Waals surface area (Å²) in [5.41, 5.74) is 1.40. The minimum Gasteiger partial charge on any atom is -0.511 e. The van der Waals surface area contributed by atoms with E-state index < -0.39 is 76.0 Å². The molecule has 0 aromatic heterocycles. The molecule has 0 fully saturated rings. The second-order valence-corrected chi connectivity index (χ2v) is 9.01. The molecule has 0 heterocycles. The van der Waals surface area contributed by atoms with Crippen molar-refractivity contribution in [3.8, 4) is 5.75 Å². The number of hydrogen-bond donors (Lipinski definition) is 6. The van der Waals surface area contributed by atoms with Crippen molar-refractivity contribution in [2.45, 2.75) is 31.0 Å². The van der Waals surface area contributed by atoms with Gasteiger partial charge in [-0.2, -0.15) is 0 Å². The third-order valence-electron chi connectivity index (χ3n) is 6.45. The fourth-order valence-electron chi connectivity index (χ4n) is 4.97. The van der Waals surface area contributed by atoms with Gasteiger partial charge < -0.3 is 31.3 Å². The molecule has 1 amide bonds. The van der Waals surface area contributed by atoms with Gasteiger partial charge in [-0.25, -0.2) is 0 Å². The highest BCUT2D eigenvalue weighted by Crippen LogP contribution is 2.55. The topological polar surface area (TPSA) is 178 Å². The van der Waals surface area contributed by atoms with Gasteiger partial charge in [-0.1, -0.05) is 13.0 Å². The van der Waals surface area contributed by atoms with E-state index in [0.29, 0.717) is 9.13 Å². The molecule has 5 atom stereocenters. The molecule has 30 heavy (non-hydrogen) atoms. The number of hydrogen-bond acceptors (Lipinski definition) is 8. The number of fused-ring (bicyclic) bond motifs is 3. The highest BCUT2D eigenvalue weighted by atomic mass is 127. The van der Waals surface area contributed by atoms with Crippen LogP contribution in [0.5, 0.6) is 5.75 Å². The molecule has 0 radical (unpaired) electrons. The zero-order valence-electron chi connectivity index (χ0n) is 15.6. The first-order valence-corrected chi connectivity index (χ1v) is 10.2. The normalized spacial score (nSPS) is 33.2. The van der Waals surface area contributed by atoms with Crippen molar-refractivity contribution in [1.82, 2.24) is 0 Å². The van der Waals surface area contributed by atoms with E-state index in [2.05, 4.69) is 0 Å². The number of aromatic hydroxyl groups is 1. The molecule has 158 valence electrons. The second-order valence-electron chi connectivity index (χ2n) is 7.85. The molecular formula is C20H18INO8. The van der Waals surface area contributed by atoms with Crippen LogP contribution in [0, 0.1) is 15.4 Å². The minimum absolute atomic E-state index is 0.0850. The zero-order valence-corrected chi connectivity index (χ0v) is 17.7. The highest BCUT2D eigenvalue weighted by molar-refractivity contribution is 14.1. The van der Waals surface area contributed by atoms with E-state index >= 15 is 0 Å². The van der Waals surface area contributed by atoms with Crippen molar-refractivity contribution in [3.05, 3.63) is 49.5 Å². The van der Waals surface area contributed by atoms with Gasteiger partial charge in [-0.05, 0) is 40.1 Å². The molecule has 9 nitrogen and oxygen atoms in total. The number of halogens is 1. The van der Waals surface area contributed by atoms with Gasteiger partial charge in [0.15, 0.2) is 11.4 Å². The summed E-state index contributed by atoms with van der Waals surface area (Å²) >= 11 is 1.83. The number of ketones is 2. The first kappa shape index (κ1) is 20.8. The number of carbonyl (C=O) groups excluding carboxylic acids is 3. The lowest BCUT2D eigenvalue weighted by atomic mass is 9.56. The molecule has 3 aliphatic rings. The molecule has 0 bridgehead atoms. The van der Waals surface area contributed by atoms with Crippen LogP contribution in [-0.4, -0.2) is 54.7 Å². The second kappa shape index (κ2) is 6.53. The molecular weight excluding hydrogens is 509 g/mol. The van der Waals surface area contributed by atoms with Crippen LogP contribution < -0.4 is 5.73 Å². The summed E-state index contributed by atoms with van der Waals surface area (Å²) in [5.74, 6) is -8.52. The van der Waals surface area contributed by atoms with Crippen LogP contribution in [0.1, 0.15) is 35.2 Å². The fourth-order valence-corrected chi connectivity index (χ4v) is 5.42. The van der Waals surface area contributed by atoms with Crippen LogP contribution in [0.25, 0.3) is 0 Å². The Hall–Kier alpha value is -2.44. The molecule has 1 aromatic carbocycles. The summed E-state index contributed by atoms with van der Waals surface area (Å²) in [6, 6.07) is 3.24. The average Bonchev–Trinajstić information content (AvgIpc) is 2.67. The third kappa shape index (κ3) is 2.38. The molecule has 0 saturated carbocycles. The van der Waals surface area contributed by atoms with E-state index in [9.17, 15) is 39.9 Å². The van der Waals surface area contributed by atoms with Crippen molar-refractivity contribution >= 4 is 40.1 Å².